The molecule has 0 saturated carbocycles. The topological polar surface area (TPSA) is 63.9 Å². The molecule has 0 unspecified atom stereocenters. The van der Waals surface area contributed by atoms with E-state index >= 15 is 0 Å². The van der Waals surface area contributed by atoms with E-state index < -0.39 is 11.1 Å². The Bertz CT molecular complexity index is 2370. The number of amides is 1. The van der Waals surface area contributed by atoms with Gasteiger partial charge in [0, 0.05) is 34.2 Å². The van der Waals surface area contributed by atoms with Gasteiger partial charge in [-0.1, -0.05) is 95.6 Å². The maximum absolute atomic E-state index is 14.9. The van der Waals surface area contributed by atoms with E-state index in [0.29, 0.717) is 24.0 Å². The van der Waals surface area contributed by atoms with Gasteiger partial charge < -0.3 is 4.84 Å². The number of anilines is 1. The molecule has 0 bridgehead atoms. The molecule has 6 heteroatoms. The zero-order valence-corrected chi connectivity index (χ0v) is 28.4. The van der Waals surface area contributed by atoms with Crippen LogP contribution in [-0.4, -0.2) is 27.8 Å². The van der Waals surface area contributed by atoms with Gasteiger partial charge in [-0.15, -0.1) is 0 Å². The van der Waals surface area contributed by atoms with Gasteiger partial charge in [-0.05, 0) is 92.3 Å². The molecule has 3 aliphatic rings. The van der Waals surface area contributed by atoms with Crippen LogP contribution in [0.3, 0.4) is 0 Å². The van der Waals surface area contributed by atoms with Crippen LogP contribution >= 0.6 is 0 Å². The fourth-order valence-electron chi connectivity index (χ4n) is 9.29. The summed E-state index contributed by atoms with van der Waals surface area (Å²) in [6.07, 6.45) is 2.35. The number of hydrogen-bond acceptors (Lipinski definition) is 4. The molecule has 2 aliphatic heterocycles. The molecule has 9 rings (SSSR count). The highest BCUT2D eigenvalue weighted by molar-refractivity contribution is 6.12. The normalized spacial score (nSPS) is 20.5. The minimum absolute atomic E-state index is 0.0622. The molecule has 6 nitrogen and oxygen atoms in total. The second kappa shape index (κ2) is 11.1. The SMILES string of the molecule is Cc1cc(C)c(C2=NO[C@]3(C2)N(C(=O)c2ccccc2)c2ccccc2[C@@]32CCc3c(n(C(=O)c4ccccc4)c4ccccc34)C2)c(C)c1. The van der Waals surface area contributed by atoms with Crippen molar-refractivity contribution in [2.45, 2.75) is 57.6 Å². The van der Waals surface area contributed by atoms with Crippen LogP contribution < -0.4 is 4.90 Å². The Morgan fingerprint density at radius 1 is 0.720 bits per heavy atom. The molecule has 2 spiro atoms. The van der Waals surface area contributed by atoms with E-state index in [0.717, 1.165) is 63.1 Å². The molecule has 3 heterocycles. The van der Waals surface area contributed by atoms with Crippen LogP contribution in [0.5, 0.6) is 0 Å². The van der Waals surface area contributed by atoms with Crippen LogP contribution in [0.25, 0.3) is 10.9 Å². The molecule has 0 fully saturated rings. The summed E-state index contributed by atoms with van der Waals surface area (Å²) < 4.78 is 1.92. The second-order valence-corrected chi connectivity index (χ2v) is 14.1. The maximum Gasteiger partial charge on any atom is 0.262 e. The summed E-state index contributed by atoms with van der Waals surface area (Å²) in [6.45, 7) is 6.35. The van der Waals surface area contributed by atoms with Gasteiger partial charge in [0.1, 0.15) is 0 Å². The van der Waals surface area contributed by atoms with Crippen LogP contribution in [0.15, 0.2) is 126 Å². The second-order valence-electron chi connectivity index (χ2n) is 14.1. The van der Waals surface area contributed by atoms with E-state index in [2.05, 4.69) is 51.1 Å². The van der Waals surface area contributed by atoms with Crippen LogP contribution in [0, 0.1) is 20.8 Å². The minimum Gasteiger partial charge on any atom is -0.365 e. The third kappa shape index (κ3) is 4.17. The monoisotopic (exact) mass is 655 g/mol. The molecule has 0 radical (unpaired) electrons. The van der Waals surface area contributed by atoms with Crippen molar-refractivity contribution >= 4 is 34.1 Å². The lowest BCUT2D eigenvalue weighted by atomic mass is 9.62. The summed E-state index contributed by atoms with van der Waals surface area (Å²) in [6, 6.07) is 39.7. The van der Waals surface area contributed by atoms with Crippen LogP contribution in [0.4, 0.5) is 5.69 Å². The minimum atomic E-state index is -1.17. The zero-order valence-electron chi connectivity index (χ0n) is 28.4. The van der Waals surface area contributed by atoms with E-state index in [1.807, 2.05) is 100 Å². The Morgan fingerprint density at radius 3 is 2.06 bits per heavy atom. The van der Waals surface area contributed by atoms with Crippen molar-refractivity contribution in [2.24, 2.45) is 5.16 Å². The molecule has 1 aromatic heterocycles. The van der Waals surface area contributed by atoms with E-state index in [1.54, 1.807) is 0 Å². The average Bonchev–Trinajstić information content (AvgIpc) is 3.78. The highest BCUT2D eigenvalue weighted by atomic mass is 16.7. The smallest absolute Gasteiger partial charge is 0.262 e. The van der Waals surface area contributed by atoms with Gasteiger partial charge in [0.25, 0.3) is 11.8 Å². The molecule has 0 N–H and O–H groups in total. The van der Waals surface area contributed by atoms with Gasteiger partial charge in [-0.3, -0.25) is 19.1 Å². The number of fused-ring (bicyclic) bond motifs is 6. The number of benzene rings is 5. The molecule has 2 atom stereocenters. The first-order valence-corrected chi connectivity index (χ1v) is 17.4. The first-order chi connectivity index (χ1) is 24.3. The molecule has 6 aromatic rings. The van der Waals surface area contributed by atoms with Gasteiger partial charge in [-0.25, -0.2) is 0 Å². The number of rotatable bonds is 3. The molecule has 50 heavy (non-hydrogen) atoms. The molecular formula is C44H37N3O3. The van der Waals surface area contributed by atoms with E-state index in [9.17, 15) is 9.59 Å². The summed E-state index contributed by atoms with van der Waals surface area (Å²) >= 11 is 0. The fraction of sp³-hybridized carbons (Fsp3) is 0.205. The quantitative estimate of drug-likeness (QED) is 0.191. The fourth-order valence-corrected chi connectivity index (χ4v) is 9.29. The van der Waals surface area contributed by atoms with Crippen molar-refractivity contribution in [3.63, 3.8) is 0 Å². The average molecular weight is 656 g/mol. The van der Waals surface area contributed by atoms with Crippen molar-refractivity contribution in [2.75, 3.05) is 4.90 Å². The molecular weight excluding hydrogens is 619 g/mol. The van der Waals surface area contributed by atoms with Gasteiger partial charge in [0.05, 0.1) is 28.8 Å². The Kier molecular flexibility index (Phi) is 6.75. The van der Waals surface area contributed by atoms with Crippen LogP contribution in [-0.2, 0) is 23.1 Å². The first-order valence-electron chi connectivity index (χ1n) is 17.4. The largest absolute Gasteiger partial charge is 0.365 e. The first kappa shape index (κ1) is 30.3. The van der Waals surface area contributed by atoms with Gasteiger partial charge in [-0.2, -0.15) is 0 Å². The Labute approximate surface area is 291 Å². The predicted molar refractivity (Wildman–Crippen MR) is 197 cm³/mol. The summed E-state index contributed by atoms with van der Waals surface area (Å²) in [5.41, 5.74) is 9.63. The number of aryl methyl sites for hydroxylation is 4. The van der Waals surface area contributed by atoms with Crippen molar-refractivity contribution in [3.05, 3.63) is 172 Å². The van der Waals surface area contributed by atoms with Gasteiger partial charge in [0.15, 0.2) is 0 Å². The number of oxime groups is 1. The number of carbonyl (C=O) groups excluding carboxylic acids is 2. The molecule has 0 saturated heterocycles. The number of carbonyl (C=O) groups is 2. The van der Waals surface area contributed by atoms with Crippen LogP contribution in [0.1, 0.15) is 72.6 Å². The standard InChI is InChI=1S/C44H37N3O3/c1-28-24-29(2)40(30(3)25-28)36-26-44(50-45-36)43(35-19-11-13-21-38(35)47(44)42(49)32-16-8-5-9-17-32)23-22-34-33-18-10-12-20-37(33)46(39(34)27-43)41(48)31-14-6-4-7-15-31/h4-21,24-25H,22-23,26-27H2,1-3H3/t43-,44-/m0/s1. The molecule has 5 aromatic carbocycles. The third-order valence-electron chi connectivity index (χ3n) is 11.3. The Hall–Kier alpha value is -5.75. The highest BCUT2D eigenvalue weighted by Gasteiger charge is 2.69. The number of aromatic nitrogens is 1. The van der Waals surface area contributed by atoms with Crippen molar-refractivity contribution < 1.29 is 14.4 Å². The maximum atomic E-state index is 14.9. The van der Waals surface area contributed by atoms with E-state index in [-0.39, 0.29) is 11.8 Å². The Balaban J connectivity index is 1.28. The molecule has 1 aliphatic carbocycles. The molecule has 246 valence electrons. The lowest BCUT2D eigenvalue weighted by molar-refractivity contribution is -0.0746. The zero-order chi connectivity index (χ0) is 34.2. The van der Waals surface area contributed by atoms with Crippen molar-refractivity contribution in [1.82, 2.24) is 4.57 Å². The van der Waals surface area contributed by atoms with E-state index in [1.165, 1.54) is 11.1 Å². The number of nitrogens with zero attached hydrogens (tertiary/aromatic N) is 3. The highest BCUT2D eigenvalue weighted by Crippen LogP contribution is 2.62. The lowest BCUT2D eigenvalue weighted by Gasteiger charge is -2.47. The van der Waals surface area contributed by atoms with E-state index in [4.69, 9.17) is 9.99 Å². The summed E-state index contributed by atoms with van der Waals surface area (Å²) in [7, 11) is 0. The Morgan fingerprint density at radius 2 is 1.34 bits per heavy atom. The lowest BCUT2D eigenvalue weighted by Crippen LogP contribution is -2.62. The van der Waals surface area contributed by atoms with Crippen molar-refractivity contribution in [1.29, 1.82) is 0 Å². The van der Waals surface area contributed by atoms with Crippen molar-refractivity contribution in [3.8, 4) is 0 Å². The summed E-state index contributed by atoms with van der Waals surface area (Å²) in [5.74, 6) is -0.191. The summed E-state index contributed by atoms with van der Waals surface area (Å²) in [5, 5.41) is 6.00. The third-order valence-corrected chi connectivity index (χ3v) is 11.3. The van der Waals surface area contributed by atoms with Gasteiger partial charge >= 0.3 is 0 Å². The molecule has 1 amide bonds. The predicted octanol–water partition coefficient (Wildman–Crippen LogP) is 8.86. The van der Waals surface area contributed by atoms with Crippen LogP contribution in [0.2, 0.25) is 0 Å². The number of hydrogen-bond donors (Lipinski definition) is 0. The number of para-hydroxylation sites is 2. The van der Waals surface area contributed by atoms with Gasteiger partial charge in [0.2, 0.25) is 5.72 Å². The summed E-state index contributed by atoms with van der Waals surface area (Å²) in [4.78, 5) is 38.2.